The van der Waals surface area contributed by atoms with Crippen LogP contribution >= 0.6 is 22.7 Å². The first-order chi connectivity index (χ1) is 13.6. The van der Waals surface area contributed by atoms with Crippen LogP contribution in [0, 0.1) is 6.92 Å². The number of ether oxygens (including phenoxy) is 1. The van der Waals surface area contributed by atoms with Gasteiger partial charge in [0.25, 0.3) is 0 Å². The molecule has 1 aliphatic rings. The Bertz CT molecular complexity index is 1180. The van der Waals surface area contributed by atoms with Crippen molar-refractivity contribution in [3.63, 3.8) is 0 Å². The number of thiophene rings is 1. The molecular formula is C20H18N4O2S2. The van der Waals surface area contributed by atoms with Gasteiger partial charge in [0.05, 0.1) is 22.5 Å². The van der Waals surface area contributed by atoms with Crippen LogP contribution < -0.4 is 10.1 Å². The summed E-state index contributed by atoms with van der Waals surface area (Å²) < 4.78 is 8.39. The number of anilines is 1. The molecule has 0 bridgehead atoms. The third-order valence-corrected chi connectivity index (χ3v) is 6.58. The first-order valence-corrected chi connectivity index (χ1v) is 10.8. The third-order valence-electron chi connectivity index (χ3n) is 4.89. The number of hydrogen-bond acceptors (Lipinski definition) is 6. The van der Waals surface area contributed by atoms with E-state index in [4.69, 9.17) is 14.8 Å². The lowest BCUT2D eigenvalue weighted by atomic mass is 9.87. The van der Waals surface area contributed by atoms with E-state index >= 15 is 0 Å². The minimum absolute atomic E-state index is 0.00425. The molecule has 1 aromatic carbocycles. The van der Waals surface area contributed by atoms with E-state index in [1.54, 1.807) is 16.0 Å². The van der Waals surface area contributed by atoms with Crippen molar-refractivity contribution >= 4 is 44.6 Å². The second-order valence-electron chi connectivity index (χ2n) is 6.68. The average Bonchev–Trinajstić information content (AvgIpc) is 3.40. The maximum atomic E-state index is 12.4. The number of hydrogen-bond donors (Lipinski definition) is 1. The van der Waals surface area contributed by atoms with Gasteiger partial charge in [-0.25, -0.2) is 4.98 Å². The standard InChI is InChI=1S/C20H18N4O2S2/c1-3-26-13-4-5-15-16(8-13)28-20(21-15)24-19-18(11(2)23-24)14(9-17(25)22-19)12-6-7-27-10-12/h4-8,10,14H,3,9H2,1-2H3,(H,22,25)/t14-/m1/s1. The van der Waals surface area contributed by atoms with Crippen LogP contribution in [0.4, 0.5) is 5.82 Å². The molecule has 0 spiro atoms. The normalized spacial score (nSPS) is 16.2. The molecule has 4 aromatic rings. The van der Waals surface area contributed by atoms with E-state index in [1.807, 2.05) is 37.4 Å². The van der Waals surface area contributed by atoms with Gasteiger partial charge >= 0.3 is 0 Å². The van der Waals surface area contributed by atoms with E-state index in [0.29, 0.717) is 13.0 Å². The zero-order chi connectivity index (χ0) is 19.3. The highest BCUT2D eigenvalue weighted by atomic mass is 32.1. The molecule has 0 saturated carbocycles. The molecule has 0 aliphatic carbocycles. The molecule has 1 atom stereocenters. The van der Waals surface area contributed by atoms with Crippen molar-refractivity contribution in [3.8, 4) is 10.9 Å². The second kappa shape index (κ2) is 6.72. The molecule has 1 amide bonds. The van der Waals surface area contributed by atoms with Gasteiger partial charge in [0.15, 0.2) is 0 Å². The zero-order valence-corrected chi connectivity index (χ0v) is 17.1. The SMILES string of the molecule is CCOc1ccc2nc(-n3nc(C)c4c3NC(=O)C[C@@H]4c3ccsc3)sc2c1. The predicted octanol–water partition coefficient (Wildman–Crippen LogP) is 4.72. The molecule has 0 unspecified atom stereocenters. The Labute approximate surface area is 169 Å². The highest BCUT2D eigenvalue weighted by molar-refractivity contribution is 7.20. The number of thiazole rings is 1. The maximum absolute atomic E-state index is 12.4. The van der Waals surface area contributed by atoms with Gasteiger partial charge in [-0.15, -0.1) is 0 Å². The summed E-state index contributed by atoms with van der Waals surface area (Å²) >= 11 is 3.18. The number of aromatic nitrogens is 3. The Kier molecular flexibility index (Phi) is 4.17. The van der Waals surface area contributed by atoms with Crippen LogP contribution in [0.25, 0.3) is 15.3 Å². The van der Waals surface area contributed by atoms with Gasteiger partial charge in [0.1, 0.15) is 11.6 Å². The van der Waals surface area contributed by atoms with E-state index in [1.165, 1.54) is 11.3 Å². The van der Waals surface area contributed by atoms with Crippen LogP contribution in [0.3, 0.4) is 0 Å². The Hall–Kier alpha value is -2.71. The minimum Gasteiger partial charge on any atom is -0.494 e. The number of nitrogens with zero attached hydrogens (tertiary/aromatic N) is 3. The van der Waals surface area contributed by atoms with Gasteiger partial charge in [0.2, 0.25) is 11.0 Å². The first-order valence-electron chi connectivity index (χ1n) is 9.09. The summed E-state index contributed by atoms with van der Waals surface area (Å²) in [7, 11) is 0. The summed E-state index contributed by atoms with van der Waals surface area (Å²) in [5.74, 6) is 1.59. The summed E-state index contributed by atoms with van der Waals surface area (Å²) in [6.45, 7) is 4.58. The summed E-state index contributed by atoms with van der Waals surface area (Å²) in [6, 6.07) is 7.96. The first kappa shape index (κ1) is 17.4. The van der Waals surface area contributed by atoms with Crippen LogP contribution in [0.2, 0.25) is 0 Å². The number of amides is 1. The molecule has 28 heavy (non-hydrogen) atoms. The summed E-state index contributed by atoms with van der Waals surface area (Å²) in [5, 5.41) is 12.6. The van der Waals surface area contributed by atoms with Crippen molar-refractivity contribution in [2.24, 2.45) is 0 Å². The van der Waals surface area contributed by atoms with E-state index in [-0.39, 0.29) is 11.8 Å². The number of nitrogens with one attached hydrogen (secondary N) is 1. The van der Waals surface area contributed by atoms with Gasteiger partial charge in [-0.3, -0.25) is 4.79 Å². The second-order valence-corrected chi connectivity index (χ2v) is 8.47. The van der Waals surface area contributed by atoms with Crippen LogP contribution in [-0.4, -0.2) is 27.3 Å². The fraction of sp³-hybridized carbons (Fsp3) is 0.250. The number of rotatable bonds is 4. The highest BCUT2D eigenvalue weighted by Crippen LogP contribution is 2.41. The fourth-order valence-electron chi connectivity index (χ4n) is 3.68. The van der Waals surface area contributed by atoms with Crippen LogP contribution in [0.1, 0.15) is 36.1 Å². The van der Waals surface area contributed by atoms with Crippen molar-refractivity contribution in [2.45, 2.75) is 26.2 Å². The molecule has 4 heterocycles. The quantitative estimate of drug-likeness (QED) is 0.528. The number of fused-ring (bicyclic) bond motifs is 2. The van der Waals surface area contributed by atoms with Gasteiger partial charge < -0.3 is 10.1 Å². The summed E-state index contributed by atoms with van der Waals surface area (Å²) in [5.41, 5.74) is 4.05. The number of aryl methyl sites for hydroxylation is 1. The van der Waals surface area contributed by atoms with E-state index in [0.717, 1.165) is 43.7 Å². The molecule has 142 valence electrons. The predicted molar refractivity (Wildman–Crippen MR) is 112 cm³/mol. The van der Waals surface area contributed by atoms with Gasteiger partial charge in [0, 0.05) is 17.9 Å². The Balaban J connectivity index is 1.63. The Morgan fingerprint density at radius 2 is 2.25 bits per heavy atom. The maximum Gasteiger partial charge on any atom is 0.226 e. The lowest BCUT2D eigenvalue weighted by molar-refractivity contribution is -0.116. The van der Waals surface area contributed by atoms with Crippen molar-refractivity contribution < 1.29 is 9.53 Å². The van der Waals surface area contributed by atoms with Gasteiger partial charge in [-0.1, -0.05) is 11.3 Å². The summed E-state index contributed by atoms with van der Waals surface area (Å²) in [4.78, 5) is 17.2. The number of benzene rings is 1. The van der Waals surface area contributed by atoms with Crippen molar-refractivity contribution in [3.05, 3.63) is 51.8 Å². The molecule has 0 fully saturated rings. The molecule has 8 heteroatoms. The zero-order valence-electron chi connectivity index (χ0n) is 15.4. The lowest BCUT2D eigenvalue weighted by Crippen LogP contribution is -2.24. The minimum atomic E-state index is 0.00425. The monoisotopic (exact) mass is 410 g/mol. The highest BCUT2D eigenvalue weighted by Gasteiger charge is 2.33. The van der Waals surface area contributed by atoms with Crippen LogP contribution in [0.15, 0.2) is 35.0 Å². The fourth-order valence-corrected chi connectivity index (χ4v) is 5.35. The molecular weight excluding hydrogens is 392 g/mol. The van der Waals surface area contributed by atoms with E-state index < -0.39 is 0 Å². The Morgan fingerprint density at radius 1 is 1.36 bits per heavy atom. The molecule has 6 nitrogen and oxygen atoms in total. The molecule has 1 N–H and O–H groups in total. The molecule has 1 aliphatic heterocycles. The topological polar surface area (TPSA) is 69.0 Å². The van der Waals surface area contributed by atoms with Crippen molar-refractivity contribution in [2.75, 3.05) is 11.9 Å². The van der Waals surface area contributed by atoms with Gasteiger partial charge in [-0.2, -0.15) is 21.1 Å². The molecule has 0 saturated heterocycles. The number of carbonyl (C=O) groups is 1. The lowest BCUT2D eigenvalue weighted by Gasteiger charge is -2.23. The average molecular weight is 411 g/mol. The smallest absolute Gasteiger partial charge is 0.226 e. The molecule has 3 aromatic heterocycles. The van der Waals surface area contributed by atoms with E-state index in [2.05, 4.69) is 16.8 Å². The van der Waals surface area contributed by atoms with Crippen LogP contribution in [0.5, 0.6) is 5.75 Å². The van der Waals surface area contributed by atoms with Crippen molar-refractivity contribution in [1.82, 2.24) is 14.8 Å². The molecule has 5 rings (SSSR count). The Morgan fingerprint density at radius 3 is 3.04 bits per heavy atom. The third kappa shape index (κ3) is 2.80. The largest absolute Gasteiger partial charge is 0.494 e. The molecule has 0 radical (unpaired) electrons. The summed E-state index contributed by atoms with van der Waals surface area (Å²) in [6.07, 6.45) is 0.438. The van der Waals surface area contributed by atoms with E-state index in [9.17, 15) is 4.79 Å². The van der Waals surface area contributed by atoms with Gasteiger partial charge in [-0.05, 0) is 54.4 Å². The number of carbonyl (C=O) groups excluding carboxylic acids is 1. The van der Waals surface area contributed by atoms with Crippen LogP contribution in [-0.2, 0) is 4.79 Å². The van der Waals surface area contributed by atoms with Crippen molar-refractivity contribution in [1.29, 1.82) is 0 Å².